The third kappa shape index (κ3) is 1.74. The van der Waals surface area contributed by atoms with Crippen molar-refractivity contribution in [3.63, 3.8) is 0 Å². The minimum absolute atomic E-state index is 0.0358. The number of hydrogen-bond donors (Lipinski definition) is 3. The molecular formula is C11H15NO2. The molecule has 0 radical (unpaired) electrons. The number of aliphatic hydroxyl groups excluding tert-OH is 1. The minimum atomic E-state index is -0.134. The van der Waals surface area contributed by atoms with Crippen molar-refractivity contribution in [1.82, 2.24) is 0 Å². The number of nitrogens with two attached hydrogens (primary N) is 1. The van der Waals surface area contributed by atoms with Crippen LogP contribution in [0.15, 0.2) is 18.2 Å². The highest BCUT2D eigenvalue weighted by molar-refractivity contribution is 5.37. The molecule has 1 aromatic carbocycles. The second kappa shape index (κ2) is 3.59. The molecule has 4 N–H and O–H groups in total. The summed E-state index contributed by atoms with van der Waals surface area (Å²) in [7, 11) is 0. The Bertz CT molecular complexity index is 334. The van der Waals surface area contributed by atoms with Crippen LogP contribution in [0.4, 0.5) is 0 Å². The van der Waals surface area contributed by atoms with E-state index in [4.69, 9.17) is 10.8 Å². The first-order valence-corrected chi connectivity index (χ1v) is 4.90. The molecular weight excluding hydrogens is 178 g/mol. The molecule has 76 valence electrons. The number of phenols is 1. The van der Waals surface area contributed by atoms with Gasteiger partial charge in [0.2, 0.25) is 0 Å². The SMILES string of the molecule is N[C@H](c1ccc(CO)c(O)c1)C1CC1. The maximum Gasteiger partial charge on any atom is 0.121 e. The van der Waals surface area contributed by atoms with Gasteiger partial charge < -0.3 is 15.9 Å². The van der Waals surface area contributed by atoms with Gasteiger partial charge in [-0.05, 0) is 30.4 Å². The summed E-state index contributed by atoms with van der Waals surface area (Å²) in [6, 6.07) is 5.31. The molecule has 1 aliphatic rings. The van der Waals surface area contributed by atoms with Crippen molar-refractivity contribution in [2.24, 2.45) is 11.7 Å². The number of aromatic hydroxyl groups is 1. The van der Waals surface area contributed by atoms with Gasteiger partial charge in [-0.15, -0.1) is 0 Å². The molecule has 0 aliphatic heterocycles. The molecule has 2 rings (SSSR count). The quantitative estimate of drug-likeness (QED) is 0.677. The summed E-state index contributed by atoms with van der Waals surface area (Å²) in [6.07, 6.45) is 2.37. The zero-order valence-corrected chi connectivity index (χ0v) is 7.98. The lowest BCUT2D eigenvalue weighted by atomic mass is 10.0. The van der Waals surface area contributed by atoms with Gasteiger partial charge in [0.05, 0.1) is 6.61 Å². The third-order valence-corrected chi connectivity index (χ3v) is 2.79. The fraction of sp³-hybridized carbons (Fsp3) is 0.455. The van der Waals surface area contributed by atoms with Gasteiger partial charge >= 0.3 is 0 Å². The Kier molecular flexibility index (Phi) is 2.44. The first kappa shape index (κ1) is 9.49. The molecule has 0 saturated heterocycles. The normalized spacial score (nSPS) is 18.1. The van der Waals surface area contributed by atoms with Crippen LogP contribution in [0, 0.1) is 5.92 Å². The lowest BCUT2D eigenvalue weighted by Gasteiger charge is -2.12. The Balaban J connectivity index is 2.22. The average Bonchev–Trinajstić information content (AvgIpc) is 3.00. The molecule has 1 saturated carbocycles. The summed E-state index contributed by atoms with van der Waals surface area (Å²) < 4.78 is 0. The maximum absolute atomic E-state index is 9.53. The molecule has 0 aromatic heterocycles. The van der Waals surface area contributed by atoms with Crippen LogP contribution in [0.25, 0.3) is 0 Å². The lowest BCUT2D eigenvalue weighted by Crippen LogP contribution is -2.12. The largest absolute Gasteiger partial charge is 0.508 e. The second-order valence-corrected chi connectivity index (χ2v) is 3.91. The smallest absolute Gasteiger partial charge is 0.121 e. The van der Waals surface area contributed by atoms with Crippen LogP contribution in [0.1, 0.15) is 30.0 Å². The van der Waals surface area contributed by atoms with Gasteiger partial charge in [0, 0.05) is 11.6 Å². The Morgan fingerprint density at radius 2 is 2.14 bits per heavy atom. The van der Waals surface area contributed by atoms with Crippen molar-refractivity contribution in [2.45, 2.75) is 25.5 Å². The van der Waals surface area contributed by atoms with Crippen molar-refractivity contribution in [2.75, 3.05) is 0 Å². The van der Waals surface area contributed by atoms with Crippen LogP contribution >= 0.6 is 0 Å². The van der Waals surface area contributed by atoms with Gasteiger partial charge in [0.25, 0.3) is 0 Å². The standard InChI is InChI=1S/C11H15NO2/c12-11(7-1-2-7)8-3-4-9(6-13)10(14)5-8/h3-5,7,11,13-14H,1-2,6,12H2/t11-/m0/s1. The van der Waals surface area contributed by atoms with Gasteiger partial charge in [0.15, 0.2) is 0 Å². The van der Waals surface area contributed by atoms with Crippen molar-refractivity contribution < 1.29 is 10.2 Å². The molecule has 1 fully saturated rings. The predicted octanol–water partition coefficient (Wildman–Crippen LogP) is 1.29. The molecule has 14 heavy (non-hydrogen) atoms. The van der Waals surface area contributed by atoms with E-state index in [-0.39, 0.29) is 18.4 Å². The molecule has 0 amide bonds. The second-order valence-electron chi connectivity index (χ2n) is 3.91. The van der Waals surface area contributed by atoms with Gasteiger partial charge in [-0.25, -0.2) is 0 Å². The van der Waals surface area contributed by atoms with E-state index in [1.807, 2.05) is 6.07 Å². The van der Waals surface area contributed by atoms with E-state index in [0.29, 0.717) is 11.5 Å². The number of hydrogen-bond acceptors (Lipinski definition) is 3. The first-order chi connectivity index (χ1) is 6.72. The summed E-state index contributed by atoms with van der Waals surface area (Å²) in [4.78, 5) is 0. The van der Waals surface area contributed by atoms with Crippen LogP contribution in [-0.2, 0) is 6.61 Å². The molecule has 0 spiro atoms. The first-order valence-electron chi connectivity index (χ1n) is 4.90. The molecule has 3 nitrogen and oxygen atoms in total. The molecule has 1 aromatic rings. The lowest BCUT2D eigenvalue weighted by molar-refractivity contribution is 0.275. The predicted molar refractivity (Wildman–Crippen MR) is 53.7 cm³/mol. The third-order valence-electron chi connectivity index (χ3n) is 2.79. The van der Waals surface area contributed by atoms with Crippen molar-refractivity contribution in [3.05, 3.63) is 29.3 Å². The highest BCUT2D eigenvalue weighted by Gasteiger charge is 2.29. The summed E-state index contributed by atoms with van der Waals surface area (Å²) in [5.41, 5.74) is 7.50. The van der Waals surface area contributed by atoms with E-state index in [9.17, 15) is 5.11 Å². The van der Waals surface area contributed by atoms with E-state index in [0.717, 1.165) is 5.56 Å². The molecule has 1 atom stereocenters. The van der Waals surface area contributed by atoms with Crippen molar-refractivity contribution in [3.8, 4) is 5.75 Å². The van der Waals surface area contributed by atoms with Crippen LogP contribution in [0.3, 0.4) is 0 Å². The van der Waals surface area contributed by atoms with E-state index >= 15 is 0 Å². The maximum atomic E-state index is 9.53. The van der Waals surface area contributed by atoms with Gasteiger partial charge in [-0.3, -0.25) is 0 Å². The fourth-order valence-electron chi connectivity index (χ4n) is 1.65. The Labute approximate surface area is 83.2 Å². The highest BCUT2D eigenvalue weighted by Crippen LogP contribution is 2.40. The number of rotatable bonds is 3. The van der Waals surface area contributed by atoms with Crippen LogP contribution in [0.5, 0.6) is 5.75 Å². The zero-order valence-electron chi connectivity index (χ0n) is 7.98. The Hall–Kier alpha value is -1.06. The van der Waals surface area contributed by atoms with E-state index in [2.05, 4.69) is 0 Å². The summed E-state index contributed by atoms with van der Waals surface area (Å²) in [5, 5.41) is 18.4. The molecule has 0 heterocycles. The monoisotopic (exact) mass is 193 g/mol. The summed E-state index contributed by atoms with van der Waals surface area (Å²) >= 11 is 0. The molecule has 1 aliphatic carbocycles. The highest BCUT2D eigenvalue weighted by atomic mass is 16.3. The molecule has 0 bridgehead atoms. The van der Waals surface area contributed by atoms with E-state index in [1.165, 1.54) is 12.8 Å². The summed E-state index contributed by atoms with van der Waals surface area (Å²) in [6.45, 7) is -0.134. The van der Waals surface area contributed by atoms with Gasteiger partial charge in [0.1, 0.15) is 5.75 Å². The summed E-state index contributed by atoms with van der Waals surface area (Å²) in [5.74, 6) is 0.718. The van der Waals surface area contributed by atoms with Crippen molar-refractivity contribution in [1.29, 1.82) is 0 Å². The minimum Gasteiger partial charge on any atom is -0.508 e. The van der Waals surface area contributed by atoms with Crippen LogP contribution < -0.4 is 5.73 Å². The van der Waals surface area contributed by atoms with Crippen LogP contribution in [-0.4, -0.2) is 10.2 Å². The molecule has 0 unspecified atom stereocenters. The Morgan fingerprint density at radius 3 is 2.64 bits per heavy atom. The molecule has 3 heteroatoms. The number of aliphatic hydroxyl groups is 1. The van der Waals surface area contributed by atoms with Gasteiger partial charge in [-0.2, -0.15) is 0 Å². The van der Waals surface area contributed by atoms with Crippen molar-refractivity contribution >= 4 is 0 Å². The fourth-order valence-corrected chi connectivity index (χ4v) is 1.65. The topological polar surface area (TPSA) is 66.5 Å². The van der Waals surface area contributed by atoms with Gasteiger partial charge in [-0.1, -0.05) is 12.1 Å². The zero-order chi connectivity index (χ0) is 10.1. The number of benzene rings is 1. The van der Waals surface area contributed by atoms with Crippen LogP contribution in [0.2, 0.25) is 0 Å². The Morgan fingerprint density at radius 1 is 1.43 bits per heavy atom. The van der Waals surface area contributed by atoms with E-state index in [1.54, 1.807) is 12.1 Å². The van der Waals surface area contributed by atoms with E-state index < -0.39 is 0 Å². The average molecular weight is 193 g/mol.